The van der Waals surface area contributed by atoms with Gasteiger partial charge in [0.1, 0.15) is 17.2 Å². The molecule has 1 aliphatic carbocycles. The van der Waals surface area contributed by atoms with E-state index in [0.717, 1.165) is 49.9 Å². The smallest absolute Gasteiger partial charge is 0.508 e. The molecule has 1 saturated carbocycles. The van der Waals surface area contributed by atoms with Crippen molar-refractivity contribution in [3.63, 3.8) is 0 Å². The van der Waals surface area contributed by atoms with E-state index in [4.69, 9.17) is 0 Å². The number of halogens is 6. The Hall–Kier alpha value is -4.09. The molecule has 12 heteroatoms. The molecule has 214 valence electrons. The molecule has 0 bridgehead atoms. The Labute approximate surface area is 225 Å². The van der Waals surface area contributed by atoms with E-state index in [1.807, 2.05) is 0 Å². The van der Waals surface area contributed by atoms with Crippen LogP contribution in [0.5, 0.6) is 17.2 Å². The van der Waals surface area contributed by atoms with Crippen LogP contribution in [0.2, 0.25) is 0 Å². The predicted octanol–water partition coefficient (Wildman–Crippen LogP) is 6.92. The van der Waals surface area contributed by atoms with E-state index in [1.54, 1.807) is 6.07 Å². The lowest BCUT2D eigenvalue weighted by molar-refractivity contribution is -0.275. The van der Waals surface area contributed by atoms with Gasteiger partial charge in [0.15, 0.2) is 0 Å². The fourth-order valence-electron chi connectivity index (χ4n) is 4.93. The van der Waals surface area contributed by atoms with Crippen LogP contribution in [-0.4, -0.2) is 29.9 Å². The minimum absolute atomic E-state index is 0.0864. The molecule has 6 nitrogen and oxygen atoms in total. The summed E-state index contributed by atoms with van der Waals surface area (Å²) in [5.41, 5.74) is -1.12. The van der Waals surface area contributed by atoms with Crippen LogP contribution in [0.4, 0.5) is 31.1 Å². The van der Waals surface area contributed by atoms with Crippen molar-refractivity contribution in [1.29, 1.82) is 0 Å². The SMILES string of the molecule is O=C(NC1CCCC1)NC(Cc1cccc(O)c1)(c1cccc(OC(F)(F)F)c1)c1cccc(OC(F)(F)F)c1. The number of carbonyl (C=O) groups is 1. The molecule has 4 rings (SSSR count). The first-order valence-corrected chi connectivity index (χ1v) is 12.4. The van der Waals surface area contributed by atoms with Gasteiger partial charge in [-0.25, -0.2) is 4.79 Å². The average Bonchev–Trinajstić information content (AvgIpc) is 3.35. The van der Waals surface area contributed by atoms with Crippen LogP contribution in [0, 0.1) is 0 Å². The lowest BCUT2D eigenvalue weighted by Gasteiger charge is -2.37. The molecule has 0 saturated heterocycles. The van der Waals surface area contributed by atoms with E-state index >= 15 is 0 Å². The first kappa shape index (κ1) is 28.9. The number of phenols is 1. The second-order valence-corrected chi connectivity index (χ2v) is 9.48. The molecule has 1 fully saturated rings. The van der Waals surface area contributed by atoms with Crippen LogP contribution in [0.25, 0.3) is 0 Å². The lowest BCUT2D eigenvalue weighted by Crippen LogP contribution is -2.53. The molecule has 0 radical (unpaired) electrons. The number of alkyl halides is 6. The van der Waals surface area contributed by atoms with E-state index in [9.17, 15) is 36.2 Å². The van der Waals surface area contributed by atoms with E-state index in [-0.39, 0.29) is 29.3 Å². The van der Waals surface area contributed by atoms with Crippen LogP contribution in [0.1, 0.15) is 42.4 Å². The van der Waals surface area contributed by atoms with Crippen molar-refractivity contribution < 1.29 is 45.7 Å². The highest BCUT2D eigenvalue weighted by molar-refractivity contribution is 5.76. The molecule has 3 aromatic carbocycles. The summed E-state index contributed by atoms with van der Waals surface area (Å²) in [7, 11) is 0. The van der Waals surface area contributed by atoms with Crippen molar-refractivity contribution in [2.24, 2.45) is 0 Å². The molecule has 40 heavy (non-hydrogen) atoms. The zero-order chi connectivity index (χ0) is 29.0. The van der Waals surface area contributed by atoms with Crippen molar-refractivity contribution in [3.8, 4) is 17.2 Å². The Bertz CT molecular complexity index is 1260. The van der Waals surface area contributed by atoms with E-state index < -0.39 is 35.8 Å². The van der Waals surface area contributed by atoms with Crippen LogP contribution in [0.15, 0.2) is 72.8 Å². The first-order valence-electron chi connectivity index (χ1n) is 12.4. The Morgan fingerprint density at radius 1 is 0.800 bits per heavy atom. The fraction of sp³-hybridized carbons (Fsp3) is 0.321. The Balaban J connectivity index is 1.88. The molecule has 0 aliphatic heterocycles. The first-order chi connectivity index (χ1) is 18.8. The zero-order valence-electron chi connectivity index (χ0n) is 21.0. The molecular weight excluding hydrogens is 542 g/mol. The van der Waals surface area contributed by atoms with Gasteiger partial charge in [-0.15, -0.1) is 26.3 Å². The number of benzene rings is 3. The van der Waals surface area contributed by atoms with Gasteiger partial charge in [0.25, 0.3) is 0 Å². The molecular formula is C28H26F6N2O4. The van der Waals surface area contributed by atoms with Gasteiger partial charge in [-0.1, -0.05) is 49.2 Å². The van der Waals surface area contributed by atoms with Crippen molar-refractivity contribution in [2.45, 2.75) is 56.4 Å². The average molecular weight is 569 g/mol. The standard InChI is InChI=1S/C28H26F6N2O4/c29-27(30,31)39-23-12-4-7-19(15-23)26(17-18-6-3-11-22(37)14-18,36-25(38)35-21-9-1-2-10-21)20-8-5-13-24(16-20)40-28(32,33)34/h3-8,11-16,21,37H,1-2,9-10,17H2,(H2,35,36,38). The van der Waals surface area contributed by atoms with Gasteiger partial charge in [-0.05, 0) is 65.9 Å². The predicted molar refractivity (Wildman–Crippen MR) is 133 cm³/mol. The van der Waals surface area contributed by atoms with Crippen LogP contribution < -0.4 is 20.1 Å². The van der Waals surface area contributed by atoms with E-state index in [0.29, 0.717) is 5.56 Å². The van der Waals surface area contributed by atoms with Gasteiger partial charge in [-0.3, -0.25) is 0 Å². The molecule has 3 aromatic rings. The summed E-state index contributed by atoms with van der Waals surface area (Å²) in [6.45, 7) is 0. The topological polar surface area (TPSA) is 79.8 Å². The number of aromatic hydroxyl groups is 1. The van der Waals surface area contributed by atoms with Crippen molar-refractivity contribution in [3.05, 3.63) is 89.5 Å². The largest absolute Gasteiger partial charge is 0.573 e. The van der Waals surface area contributed by atoms with Crippen molar-refractivity contribution in [2.75, 3.05) is 0 Å². The third-order valence-electron chi connectivity index (χ3n) is 6.52. The molecule has 0 spiro atoms. The summed E-state index contributed by atoms with van der Waals surface area (Å²) < 4.78 is 86.7. The van der Waals surface area contributed by atoms with Crippen molar-refractivity contribution in [1.82, 2.24) is 10.6 Å². The highest BCUT2D eigenvalue weighted by Crippen LogP contribution is 2.39. The maximum absolute atomic E-state index is 13.4. The summed E-state index contributed by atoms with van der Waals surface area (Å²) in [4.78, 5) is 13.4. The third kappa shape index (κ3) is 7.73. The second-order valence-electron chi connectivity index (χ2n) is 9.48. The number of urea groups is 1. The Morgan fingerprint density at radius 2 is 1.32 bits per heavy atom. The maximum atomic E-state index is 13.4. The van der Waals surface area contributed by atoms with Crippen LogP contribution >= 0.6 is 0 Å². The summed E-state index contributed by atoms with van der Waals surface area (Å²) >= 11 is 0. The van der Waals surface area contributed by atoms with Gasteiger partial charge in [0, 0.05) is 12.5 Å². The Kier molecular flexibility index (Phi) is 8.36. The second kappa shape index (κ2) is 11.6. The summed E-state index contributed by atoms with van der Waals surface area (Å²) in [6.07, 6.45) is -6.90. The number of nitrogens with one attached hydrogen (secondary N) is 2. The zero-order valence-corrected chi connectivity index (χ0v) is 21.0. The van der Waals surface area contributed by atoms with Gasteiger partial charge in [0.2, 0.25) is 0 Å². The molecule has 1 aliphatic rings. The molecule has 2 amide bonds. The highest BCUT2D eigenvalue weighted by Gasteiger charge is 2.40. The van der Waals surface area contributed by atoms with E-state index in [1.165, 1.54) is 42.5 Å². The molecule has 0 heterocycles. The maximum Gasteiger partial charge on any atom is 0.573 e. The number of hydrogen-bond acceptors (Lipinski definition) is 4. The van der Waals surface area contributed by atoms with Gasteiger partial charge in [0.05, 0.1) is 5.54 Å². The lowest BCUT2D eigenvalue weighted by atomic mass is 9.77. The fourth-order valence-corrected chi connectivity index (χ4v) is 4.93. The summed E-state index contributed by atoms with van der Waals surface area (Å²) in [6, 6.07) is 14.8. The number of ether oxygens (including phenoxy) is 2. The quantitative estimate of drug-likeness (QED) is 0.258. The molecule has 3 N–H and O–H groups in total. The van der Waals surface area contributed by atoms with Crippen molar-refractivity contribution >= 4 is 6.03 Å². The summed E-state index contributed by atoms with van der Waals surface area (Å²) in [5.74, 6) is -1.30. The minimum atomic E-state index is -5.01. The third-order valence-corrected chi connectivity index (χ3v) is 6.52. The number of phenolic OH excluding ortho intramolecular Hbond substituents is 1. The number of hydrogen-bond donors (Lipinski definition) is 3. The molecule has 0 unspecified atom stereocenters. The molecule has 0 atom stereocenters. The number of rotatable bonds is 8. The number of carbonyl (C=O) groups excluding carboxylic acids is 1. The van der Waals surface area contributed by atoms with Gasteiger partial charge in [-0.2, -0.15) is 0 Å². The van der Waals surface area contributed by atoms with E-state index in [2.05, 4.69) is 20.1 Å². The monoisotopic (exact) mass is 568 g/mol. The van der Waals surface area contributed by atoms with Gasteiger partial charge < -0.3 is 25.2 Å². The van der Waals surface area contributed by atoms with Crippen LogP contribution in [-0.2, 0) is 12.0 Å². The normalized spacial score (nSPS) is 14.6. The highest BCUT2D eigenvalue weighted by atomic mass is 19.4. The summed E-state index contributed by atoms with van der Waals surface area (Å²) in [5, 5.41) is 15.8. The minimum Gasteiger partial charge on any atom is -0.508 e. The van der Waals surface area contributed by atoms with Crippen LogP contribution in [0.3, 0.4) is 0 Å². The number of amides is 2. The van der Waals surface area contributed by atoms with Gasteiger partial charge >= 0.3 is 18.8 Å². The Morgan fingerprint density at radius 3 is 1.82 bits per heavy atom. The molecule has 0 aromatic heterocycles.